The summed E-state index contributed by atoms with van der Waals surface area (Å²) >= 11 is 0. The van der Waals surface area contributed by atoms with Crippen molar-refractivity contribution in [3.8, 4) is 5.75 Å². The standard InChI is InChI=1S/C16H21N3O2/c1-11-5-3-6-13-14(7-4-10-20-16(11)13)17-9-8-15-18-12(2)21-19-15/h3,5-6,14,17H,4,7-10H2,1-2H3. The molecule has 0 spiro atoms. The highest BCUT2D eigenvalue weighted by Gasteiger charge is 2.20. The van der Waals surface area contributed by atoms with E-state index in [0.29, 0.717) is 11.9 Å². The number of aromatic nitrogens is 2. The molecule has 1 N–H and O–H groups in total. The molecule has 0 radical (unpaired) electrons. The Balaban J connectivity index is 1.66. The summed E-state index contributed by atoms with van der Waals surface area (Å²) < 4.78 is 10.9. The fraction of sp³-hybridized carbons (Fsp3) is 0.500. The van der Waals surface area contributed by atoms with Crippen molar-refractivity contribution in [3.63, 3.8) is 0 Å². The molecule has 21 heavy (non-hydrogen) atoms. The van der Waals surface area contributed by atoms with Gasteiger partial charge < -0.3 is 14.6 Å². The normalized spacial score (nSPS) is 17.9. The van der Waals surface area contributed by atoms with Crippen molar-refractivity contribution in [1.82, 2.24) is 15.5 Å². The van der Waals surface area contributed by atoms with Gasteiger partial charge in [0.05, 0.1) is 6.61 Å². The number of fused-ring (bicyclic) bond motifs is 1. The molecule has 0 amide bonds. The van der Waals surface area contributed by atoms with Crippen LogP contribution in [0.5, 0.6) is 5.75 Å². The molecule has 5 nitrogen and oxygen atoms in total. The maximum Gasteiger partial charge on any atom is 0.223 e. The smallest absolute Gasteiger partial charge is 0.223 e. The summed E-state index contributed by atoms with van der Waals surface area (Å²) in [4.78, 5) is 4.23. The Bertz CT molecular complexity index is 609. The highest BCUT2D eigenvalue weighted by molar-refractivity contribution is 5.43. The van der Waals surface area contributed by atoms with Crippen LogP contribution in [0.4, 0.5) is 0 Å². The van der Waals surface area contributed by atoms with E-state index in [9.17, 15) is 0 Å². The van der Waals surface area contributed by atoms with E-state index in [1.807, 2.05) is 6.92 Å². The number of hydrogen-bond acceptors (Lipinski definition) is 5. The summed E-state index contributed by atoms with van der Waals surface area (Å²) in [6.45, 7) is 5.53. The van der Waals surface area contributed by atoms with Gasteiger partial charge in [-0.25, -0.2) is 0 Å². The van der Waals surface area contributed by atoms with Gasteiger partial charge in [-0.1, -0.05) is 23.4 Å². The van der Waals surface area contributed by atoms with E-state index in [-0.39, 0.29) is 0 Å². The van der Waals surface area contributed by atoms with Crippen LogP contribution < -0.4 is 10.1 Å². The lowest BCUT2D eigenvalue weighted by Crippen LogP contribution is -2.24. The van der Waals surface area contributed by atoms with Crippen LogP contribution in [0.3, 0.4) is 0 Å². The Morgan fingerprint density at radius 1 is 1.33 bits per heavy atom. The molecule has 1 aliphatic heterocycles. The minimum absolute atomic E-state index is 0.329. The second-order valence-corrected chi connectivity index (χ2v) is 5.47. The van der Waals surface area contributed by atoms with Crippen molar-refractivity contribution in [2.24, 2.45) is 0 Å². The molecule has 0 saturated heterocycles. The number of aryl methyl sites for hydroxylation is 2. The van der Waals surface area contributed by atoms with Crippen LogP contribution >= 0.6 is 0 Å². The van der Waals surface area contributed by atoms with Crippen LogP contribution in [0.2, 0.25) is 0 Å². The van der Waals surface area contributed by atoms with Crippen molar-refractivity contribution in [3.05, 3.63) is 41.0 Å². The predicted octanol–water partition coefficient (Wildman–Crippen LogP) is 2.73. The maximum absolute atomic E-state index is 5.90. The first-order valence-electron chi connectivity index (χ1n) is 7.49. The summed E-state index contributed by atoms with van der Waals surface area (Å²) in [6, 6.07) is 6.68. The van der Waals surface area contributed by atoms with E-state index in [1.54, 1.807) is 0 Å². The van der Waals surface area contributed by atoms with Crippen molar-refractivity contribution in [2.45, 2.75) is 39.2 Å². The van der Waals surface area contributed by atoms with Crippen molar-refractivity contribution in [1.29, 1.82) is 0 Å². The van der Waals surface area contributed by atoms with Gasteiger partial charge in [0.25, 0.3) is 0 Å². The molecule has 5 heteroatoms. The predicted molar refractivity (Wildman–Crippen MR) is 79.4 cm³/mol. The molecule has 0 aliphatic carbocycles. The molecular formula is C16H21N3O2. The Kier molecular flexibility index (Phi) is 4.20. The van der Waals surface area contributed by atoms with Crippen LogP contribution in [0.15, 0.2) is 22.7 Å². The number of benzene rings is 1. The minimum Gasteiger partial charge on any atom is -0.493 e. The number of nitrogens with zero attached hydrogens (tertiary/aromatic N) is 2. The second-order valence-electron chi connectivity index (χ2n) is 5.47. The minimum atomic E-state index is 0.329. The van der Waals surface area contributed by atoms with Crippen LogP contribution in [-0.4, -0.2) is 23.3 Å². The number of ether oxygens (including phenoxy) is 1. The molecule has 3 rings (SSSR count). The van der Waals surface area contributed by atoms with Crippen molar-refractivity contribution >= 4 is 0 Å². The third-order valence-electron chi connectivity index (χ3n) is 3.81. The van der Waals surface area contributed by atoms with Gasteiger partial charge in [-0.2, -0.15) is 4.98 Å². The average molecular weight is 287 g/mol. The van der Waals surface area contributed by atoms with Gasteiger partial charge in [-0.15, -0.1) is 0 Å². The average Bonchev–Trinajstić information content (AvgIpc) is 2.77. The first-order chi connectivity index (χ1) is 10.2. The summed E-state index contributed by atoms with van der Waals surface area (Å²) in [5, 5.41) is 7.53. The van der Waals surface area contributed by atoms with Crippen molar-refractivity contribution in [2.75, 3.05) is 13.2 Å². The van der Waals surface area contributed by atoms with Gasteiger partial charge in [0.1, 0.15) is 5.75 Å². The van der Waals surface area contributed by atoms with Crippen LogP contribution in [-0.2, 0) is 6.42 Å². The molecule has 1 unspecified atom stereocenters. The second kappa shape index (κ2) is 6.26. The van der Waals surface area contributed by atoms with E-state index in [2.05, 4.69) is 40.6 Å². The van der Waals surface area contributed by atoms with Gasteiger partial charge in [-0.3, -0.25) is 0 Å². The van der Waals surface area contributed by atoms with Crippen molar-refractivity contribution < 1.29 is 9.26 Å². The summed E-state index contributed by atoms with van der Waals surface area (Å²) in [6.07, 6.45) is 2.92. The van der Waals surface area contributed by atoms with Gasteiger partial charge in [-0.05, 0) is 25.3 Å². The molecule has 2 aromatic rings. The van der Waals surface area contributed by atoms with E-state index in [4.69, 9.17) is 9.26 Å². The van der Waals surface area contributed by atoms with Crippen LogP contribution in [0.25, 0.3) is 0 Å². The third-order valence-corrected chi connectivity index (χ3v) is 3.81. The topological polar surface area (TPSA) is 60.2 Å². The lowest BCUT2D eigenvalue weighted by molar-refractivity contribution is 0.313. The van der Waals surface area contributed by atoms with Gasteiger partial charge >= 0.3 is 0 Å². The molecule has 0 saturated carbocycles. The number of nitrogens with one attached hydrogen (secondary N) is 1. The Hall–Kier alpha value is -1.88. The third kappa shape index (κ3) is 3.24. The Labute approximate surface area is 124 Å². The Morgan fingerprint density at radius 3 is 3.05 bits per heavy atom. The van der Waals surface area contributed by atoms with Gasteiger partial charge in [0.2, 0.25) is 5.89 Å². The molecule has 1 aliphatic rings. The SMILES string of the molecule is Cc1nc(CCNC2CCCOc3c(C)cccc32)no1. The first-order valence-corrected chi connectivity index (χ1v) is 7.49. The number of rotatable bonds is 4. The molecule has 1 aromatic heterocycles. The van der Waals surface area contributed by atoms with Crippen LogP contribution in [0.1, 0.15) is 41.7 Å². The highest BCUT2D eigenvalue weighted by atomic mass is 16.5. The number of hydrogen-bond donors (Lipinski definition) is 1. The summed E-state index contributed by atoms with van der Waals surface area (Å²) in [5.74, 6) is 2.42. The summed E-state index contributed by atoms with van der Waals surface area (Å²) in [7, 11) is 0. The molecular weight excluding hydrogens is 266 g/mol. The lowest BCUT2D eigenvalue weighted by atomic mass is 10.00. The van der Waals surface area contributed by atoms with Crippen LogP contribution in [0, 0.1) is 13.8 Å². The van der Waals surface area contributed by atoms with E-state index < -0.39 is 0 Å². The van der Waals surface area contributed by atoms with E-state index in [0.717, 1.165) is 44.0 Å². The van der Waals surface area contributed by atoms with Gasteiger partial charge in [0, 0.05) is 31.5 Å². The molecule has 2 heterocycles. The molecule has 1 aromatic carbocycles. The van der Waals surface area contributed by atoms with E-state index in [1.165, 1.54) is 11.1 Å². The van der Waals surface area contributed by atoms with E-state index >= 15 is 0 Å². The number of para-hydroxylation sites is 1. The zero-order valence-electron chi connectivity index (χ0n) is 12.6. The zero-order chi connectivity index (χ0) is 14.7. The Morgan fingerprint density at radius 2 is 2.24 bits per heavy atom. The maximum atomic E-state index is 5.90. The van der Waals surface area contributed by atoms with Gasteiger partial charge in [0.15, 0.2) is 5.82 Å². The quantitative estimate of drug-likeness (QED) is 0.937. The first kappa shape index (κ1) is 14.1. The molecule has 112 valence electrons. The monoisotopic (exact) mass is 287 g/mol. The lowest BCUT2D eigenvalue weighted by Gasteiger charge is -2.19. The fourth-order valence-corrected chi connectivity index (χ4v) is 2.78. The summed E-state index contributed by atoms with van der Waals surface area (Å²) in [5.41, 5.74) is 2.46. The molecule has 0 bridgehead atoms. The highest BCUT2D eigenvalue weighted by Crippen LogP contribution is 2.33. The molecule has 1 atom stereocenters. The fourth-order valence-electron chi connectivity index (χ4n) is 2.78. The molecule has 0 fully saturated rings. The largest absolute Gasteiger partial charge is 0.493 e. The zero-order valence-corrected chi connectivity index (χ0v) is 12.6.